The number of rotatable bonds is 5. The summed E-state index contributed by atoms with van der Waals surface area (Å²) in [7, 11) is 3.70. The molecule has 4 rings (SSSR count). The fourth-order valence-electron chi connectivity index (χ4n) is 4.46. The molecule has 0 aliphatic heterocycles. The van der Waals surface area contributed by atoms with Gasteiger partial charge < -0.3 is 10.2 Å². The van der Waals surface area contributed by atoms with E-state index >= 15 is 0 Å². The molecule has 0 spiro atoms. The van der Waals surface area contributed by atoms with Crippen LogP contribution in [0, 0.1) is 0 Å². The van der Waals surface area contributed by atoms with Gasteiger partial charge in [0.25, 0.3) is 5.91 Å². The van der Waals surface area contributed by atoms with Crippen LogP contribution in [0.25, 0.3) is 5.65 Å². The Morgan fingerprint density at radius 1 is 1.22 bits per heavy atom. The van der Waals surface area contributed by atoms with E-state index in [9.17, 15) is 18.0 Å². The van der Waals surface area contributed by atoms with Crippen LogP contribution >= 0.6 is 0 Å². The summed E-state index contributed by atoms with van der Waals surface area (Å²) in [5.41, 5.74) is 0.768. The van der Waals surface area contributed by atoms with Crippen molar-refractivity contribution in [3.05, 3.63) is 47.5 Å². The standard InChI is InChI=1S/C22H27F3N6O/c1-4-17-16(12-29(2)28-17)21(32)26-14-8-10-15(11-9-14)30(3)20-7-5-6-19-27-18(13-31(19)20)22(23,24)25/h5-7,12-15H,4,8-11H2,1-3H3,(H,26,32). The molecule has 1 N–H and O–H groups in total. The van der Waals surface area contributed by atoms with Gasteiger partial charge in [-0.25, -0.2) is 4.98 Å². The van der Waals surface area contributed by atoms with Gasteiger partial charge in [-0.2, -0.15) is 18.3 Å². The van der Waals surface area contributed by atoms with Crippen molar-refractivity contribution in [2.24, 2.45) is 7.05 Å². The van der Waals surface area contributed by atoms with E-state index in [0.717, 1.165) is 37.6 Å². The number of nitrogens with one attached hydrogen (secondary N) is 1. The monoisotopic (exact) mass is 448 g/mol. The maximum absolute atomic E-state index is 13.1. The third kappa shape index (κ3) is 4.31. The predicted molar refractivity (Wildman–Crippen MR) is 115 cm³/mol. The molecule has 0 bridgehead atoms. The Kier molecular flexibility index (Phi) is 5.87. The average molecular weight is 448 g/mol. The van der Waals surface area contributed by atoms with Crippen molar-refractivity contribution in [3.63, 3.8) is 0 Å². The van der Waals surface area contributed by atoms with Crippen molar-refractivity contribution in [1.82, 2.24) is 24.5 Å². The number of imidazole rings is 1. The molecule has 0 saturated heterocycles. The first-order valence-electron chi connectivity index (χ1n) is 10.8. The SMILES string of the molecule is CCc1nn(C)cc1C(=O)NC1CCC(N(C)c2cccc3nc(C(F)(F)F)cn23)CC1. The van der Waals surface area contributed by atoms with E-state index in [4.69, 9.17) is 0 Å². The number of pyridine rings is 1. The highest BCUT2D eigenvalue weighted by atomic mass is 19.4. The number of aromatic nitrogens is 4. The van der Waals surface area contributed by atoms with Gasteiger partial charge in [-0.15, -0.1) is 0 Å². The number of hydrogen-bond donors (Lipinski definition) is 1. The molecule has 32 heavy (non-hydrogen) atoms. The largest absolute Gasteiger partial charge is 0.434 e. The van der Waals surface area contributed by atoms with Crippen molar-refractivity contribution in [2.45, 2.75) is 57.3 Å². The summed E-state index contributed by atoms with van der Waals surface area (Å²) >= 11 is 0. The van der Waals surface area contributed by atoms with Crippen molar-refractivity contribution in [2.75, 3.05) is 11.9 Å². The second-order valence-corrected chi connectivity index (χ2v) is 8.34. The molecule has 1 aliphatic rings. The Labute approximate surface area is 184 Å². The van der Waals surface area contributed by atoms with E-state index in [0.29, 0.717) is 17.8 Å². The number of nitrogens with zero attached hydrogens (tertiary/aromatic N) is 5. The highest BCUT2D eigenvalue weighted by Gasteiger charge is 2.34. The van der Waals surface area contributed by atoms with Crippen molar-refractivity contribution in [1.29, 1.82) is 0 Å². The predicted octanol–water partition coefficient (Wildman–Crippen LogP) is 3.83. The van der Waals surface area contributed by atoms with E-state index in [1.807, 2.05) is 18.9 Å². The smallest absolute Gasteiger partial charge is 0.358 e. The van der Waals surface area contributed by atoms with Gasteiger partial charge in [0.1, 0.15) is 11.5 Å². The lowest BCUT2D eigenvalue weighted by Gasteiger charge is -2.36. The Balaban J connectivity index is 1.42. The second-order valence-electron chi connectivity index (χ2n) is 8.34. The minimum atomic E-state index is -4.48. The fourth-order valence-corrected chi connectivity index (χ4v) is 4.46. The van der Waals surface area contributed by atoms with Gasteiger partial charge >= 0.3 is 6.18 Å². The molecular weight excluding hydrogens is 421 g/mol. The Morgan fingerprint density at radius 3 is 2.59 bits per heavy atom. The normalized spacial score (nSPS) is 19.3. The van der Waals surface area contributed by atoms with Crippen molar-refractivity contribution >= 4 is 17.4 Å². The molecule has 0 unspecified atom stereocenters. The zero-order chi connectivity index (χ0) is 23.0. The number of amides is 1. The zero-order valence-corrected chi connectivity index (χ0v) is 18.4. The van der Waals surface area contributed by atoms with Crippen LogP contribution in [0.5, 0.6) is 0 Å². The summed E-state index contributed by atoms with van der Waals surface area (Å²) in [6.07, 6.45) is 2.26. The van der Waals surface area contributed by atoms with E-state index in [1.165, 1.54) is 4.40 Å². The third-order valence-electron chi connectivity index (χ3n) is 6.19. The van der Waals surface area contributed by atoms with Crippen LogP contribution in [-0.2, 0) is 19.6 Å². The molecule has 1 aliphatic carbocycles. The van der Waals surface area contributed by atoms with Crippen molar-refractivity contribution < 1.29 is 18.0 Å². The zero-order valence-electron chi connectivity index (χ0n) is 18.4. The molecule has 3 aromatic heterocycles. The maximum Gasteiger partial charge on any atom is 0.434 e. The Morgan fingerprint density at radius 2 is 1.94 bits per heavy atom. The summed E-state index contributed by atoms with van der Waals surface area (Å²) in [6.45, 7) is 1.97. The summed E-state index contributed by atoms with van der Waals surface area (Å²) in [5, 5.41) is 7.45. The number of halogens is 3. The minimum Gasteiger partial charge on any atom is -0.358 e. The van der Waals surface area contributed by atoms with Gasteiger partial charge in [-0.1, -0.05) is 13.0 Å². The first kappa shape index (κ1) is 22.2. The molecule has 1 fully saturated rings. The topological polar surface area (TPSA) is 67.5 Å². The highest BCUT2D eigenvalue weighted by Crippen LogP contribution is 2.31. The molecule has 3 heterocycles. The van der Waals surface area contributed by atoms with Crippen LogP contribution in [0.3, 0.4) is 0 Å². The lowest BCUT2D eigenvalue weighted by molar-refractivity contribution is -0.140. The molecule has 1 saturated carbocycles. The van der Waals surface area contributed by atoms with E-state index in [1.54, 1.807) is 36.1 Å². The second kappa shape index (κ2) is 8.48. The lowest BCUT2D eigenvalue weighted by Crippen LogP contribution is -2.43. The van der Waals surface area contributed by atoms with Gasteiger partial charge in [0.2, 0.25) is 0 Å². The quantitative estimate of drug-likeness (QED) is 0.644. The first-order chi connectivity index (χ1) is 15.2. The van der Waals surface area contributed by atoms with Crippen LogP contribution in [0.2, 0.25) is 0 Å². The molecule has 10 heteroatoms. The number of fused-ring (bicyclic) bond motifs is 1. The fraction of sp³-hybridized carbons (Fsp3) is 0.500. The number of aryl methyl sites for hydroxylation is 2. The number of anilines is 1. The van der Waals surface area contributed by atoms with Crippen LogP contribution in [0.4, 0.5) is 19.0 Å². The number of carbonyl (C=O) groups is 1. The first-order valence-corrected chi connectivity index (χ1v) is 10.8. The van der Waals surface area contributed by atoms with Gasteiger partial charge in [0.15, 0.2) is 5.69 Å². The van der Waals surface area contributed by atoms with Gasteiger partial charge in [0.05, 0.1) is 11.3 Å². The summed E-state index contributed by atoms with van der Waals surface area (Å²) in [5.74, 6) is 0.565. The molecule has 0 aromatic carbocycles. The lowest BCUT2D eigenvalue weighted by atomic mass is 9.90. The number of carbonyl (C=O) groups excluding carboxylic acids is 1. The van der Waals surface area contributed by atoms with Gasteiger partial charge in [-0.3, -0.25) is 13.9 Å². The molecule has 172 valence electrons. The molecular formula is C22H27F3N6O. The van der Waals surface area contributed by atoms with Crippen molar-refractivity contribution in [3.8, 4) is 0 Å². The van der Waals surface area contributed by atoms with Crippen LogP contribution in [0.15, 0.2) is 30.6 Å². The molecule has 1 amide bonds. The third-order valence-corrected chi connectivity index (χ3v) is 6.19. The summed E-state index contributed by atoms with van der Waals surface area (Å²) in [4.78, 5) is 18.4. The Hall–Kier alpha value is -3.04. The minimum absolute atomic E-state index is 0.0675. The summed E-state index contributed by atoms with van der Waals surface area (Å²) < 4.78 is 42.5. The van der Waals surface area contributed by atoms with Gasteiger partial charge in [0, 0.05) is 38.6 Å². The molecule has 0 radical (unpaired) electrons. The highest BCUT2D eigenvalue weighted by molar-refractivity contribution is 5.95. The average Bonchev–Trinajstić information content (AvgIpc) is 3.37. The van der Waals surface area contributed by atoms with E-state index < -0.39 is 11.9 Å². The molecule has 3 aromatic rings. The van der Waals surface area contributed by atoms with Crippen LogP contribution in [0.1, 0.15) is 54.4 Å². The Bertz CT molecular complexity index is 1110. The molecule has 7 nitrogen and oxygen atoms in total. The molecule has 0 atom stereocenters. The number of hydrogen-bond acceptors (Lipinski definition) is 4. The van der Waals surface area contributed by atoms with E-state index in [2.05, 4.69) is 15.4 Å². The summed E-state index contributed by atoms with van der Waals surface area (Å²) in [6, 6.07) is 5.33. The number of alkyl halides is 3. The maximum atomic E-state index is 13.1. The van der Waals surface area contributed by atoms with Crippen LogP contribution < -0.4 is 10.2 Å². The van der Waals surface area contributed by atoms with E-state index in [-0.39, 0.29) is 23.6 Å². The van der Waals surface area contributed by atoms with Crippen LogP contribution in [-0.4, -0.2) is 44.2 Å². The van der Waals surface area contributed by atoms with Gasteiger partial charge in [-0.05, 0) is 44.2 Å².